The van der Waals surface area contributed by atoms with Gasteiger partial charge in [0.25, 0.3) is 0 Å². The molecule has 1 amide bonds. The molecule has 2 rings (SSSR count). The highest BCUT2D eigenvalue weighted by molar-refractivity contribution is 5.98. The van der Waals surface area contributed by atoms with E-state index in [0.717, 1.165) is 25.8 Å². The van der Waals surface area contributed by atoms with Crippen molar-refractivity contribution in [3.05, 3.63) is 0 Å². The largest absolute Gasteiger partial charge is 0.465 e. The lowest BCUT2D eigenvalue weighted by molar-refractivity contribution is -0.156. The summed E-state index contributed by atoms with van der Waals surface area (Å²) in [6.45, 7) is 2.85. The third-order valence-corrected chi connectivity index (χ3v) is 3.51. The number of hydrogen-bond donors (Lipinski definition) is 1. The monoisotopic (exact) mass is 211 g/mol. The molecule has 0 aromatic rings. The highest BCUT2D eigenvalue weighted by Gasteiger charge is 2.45. The number of nitrogens with one attached hydrogen (secondary N) is 1. The summed E-state index contributed by atoms with van der Waals surface area (Å²) < 4.78 is 4.96. The number of hydrogen-bond acceptors (Lipinski definition) is 3. The van der Waals surface area contributed by atoms with Crippen molar-refractivity contribution in [1.29, 1.82) is 0 Å². The predicted octanol–water partition coefficient (Wildman–Crippen LogP) is 0.712. The summed E-state index contributed by atoms with van der Waals surface area (Å²) in [6, 6.07) is 0. The molecule has 0 bridgehead atoms. The van der Waals surface area contributed by atoms with Crippen LogP contribution in [-0.2, 0) is 14.3 Å². The van der Waals surface area contributed by atoms with Gasteiger partial charge in [-0.05, 0) is 31.6 Å². The van der Waals surface area contributed by atoms with Crippen molar-refractivity contribution in [2.45, 2.75) is 26.2 Å². The molecule has 3 atom stereocenters. The van der Waals surface area contributed by atoms with Crippen molar-refractivity contribution in [3.8, 4) is 0 Å². The van der Waals surface area contributed by atoms with E-state index in [1.807, 2.05) is 0 Å². The van der Waals surface area contributed by atoms with Gasteiger partial charge in [-0.15, -0.1) is 0 Å². The fourth-order valence-corrected chi connectivity index (χ4v) is 2.81. The minimum Gasteiger partial charge on any atom is -0.465 e. The first-order valence-electron chi connectivity index (χ1n) is 5.68. The van der Waals surface area contributed by atoms with Crippen molar-refractivity contribution >= 4 is 11.9 Å². The van der Waals surface area contributed by atoms with Crippen LogP contribution in [0.5, 0.6) is 0 Å². The molecule has 1 aliphatic heterocycles. The zero-order valence-corrected chi connectivity index (χ0v) is 8.99. The van der Waals surface area contributed by atoms with Crippen molar-refractivity contribution < 1.29 is 14.3 Å². The maximum atomic E-state index is 11.7. The maximum absolute atomic E-state index is 11.7. The standard InChI is InChI=1S/C11H17NO3/c1-2-15-11(14)9-8-5-3-4-7(8)6-12-10(9)13/h7-9H,2-6H2,1H3,(H,12,13)/t7-,8+,9+/m0/s1. The molecule has 15 heavy (non-hydrogen) atoms. The van der Waals surface area contributed by atoms with Gasteiger partial charge in [-0.3, -0.25) is 9.59 Å². The lowest BCUT2D eigenvalue weighted by atomic mass is 9.80. The molecule has 0 unspecified atom stereocenters. The number of carbonyl (C=O) groups excluding carboxylic acids is 2. The Balaban J connectivity index is 2.11. The van der Waals surface area contributed by atoms with Crippen LogP contribution in [0.1, 0.15) is 26.2 Å². The Labute approximate surface area is 89.4 Å². The number of esters is 1. The molecule has 1 saturated carbocycles. The highest BCUT2D eigenvalue weighted by Crippen LogP contribution is 2.39. The second kappa shape index (κ2) is 4.21. The molecule has 2 fully saturated rings. The molecule has 0 spiro atoms. The second-order valence-electron chi connectivity index (χ2n) is 4.33. The maximum Gasteiger partial charge on any atom is 0.318 e. The van der Waals surface area contributed by atoms with E-state index < -0.39 is 5.92 Å². The van der Waals surface area contributed by atoms with Crippen LogP contribution in [0.4, 0.5) is 0 Å². The molecule has 1 heterocycles. The van der Waals surface area contributed by atoms with E-state index in [2.05, 4.69) is 5.32 Å². The third kappa shape index (κ3) is 1.85. The average molecular weight is 211 g/mol. The Morgan fingerprint density at radius 1 is 1.53 bits per heavy atom. The SMILES string of the molecule is CCOC(=O)[C@H]1C(=O)NC[C@@H]2CCC[C@H]21. The van der Waals surface area contributed by atoms with E-state index in [-0.39, 0.29) is 17.8 Å². The summed E-state index contributed by atoms with van der Waals surface area (Å²) in [5.41, 5.74) is 0. The Kier molecular flexibility index (Phi) is 2.93. The Morgan fingerprint density at radius 2 is 2.33 bits per heavy atom. The summed E-state index contributed by atoms with van der Waals surface area (Å²) in [5, 5.41) is 2.80. The molecule has 4 nitrogen and oxygen atoms in total. The normalized spacial score (nSPS) is 34.5. The molecule has 84 valence electrons. The summed E-state index contributed by atoms with van der Waals surface area (Å²) in [6.07, 6.45) is 3.24. The van der Waals surface area contributed by atoms with E-state index in [1.165, 1.54) is 0 Å². The molecular weight excluding hydrogens is 194 g/mol. The molecule has 0 aromatic carbocycles. The first-order chi connectivity index (χ1) is 7.24. The number of piperidine rings is 1. The number of amides is 1. The van der Waals surface area contributed by atoms with E-state index in [4.69, 9.17) is 4.74 Å². The zero-order valence-electron chi connectivity index (χ0n) is 8.99. The minimum absolute atomic E-state index is 0.142. The Hall–Kier alpha value is -1.06. The molecule has 2 aliphatic rings. The van der Waals surface area contributed by atoms with Crippen LogP contribution in [-0.4, -0.2) is 25.0 Å². The van der Waals surface area contributed by atoms with Gasteiger partial charge in [0.15, 0.2) is 0 Å². The van der Waals surface area contributed by atoms with Crippen LogP contribution < -0.4 is 5.32 Å². The summed E-state index contributed by atoms with van der Waals surface area (Å²) in [5.74, 6) is -0.329. The van der Waals surface area contributed by atoms with Crippen LogP contribution >= 0.6 is 0 Å². The Morgan fingerprint density at radius 3 is 3.07 bits per heavy atom. The second-order valence-corrected chi connectivity index (χ2v) is 4.33. The average Bonchev–Trinajstić information content (AvgIpc) is 2.65. The molecule has 0 aromatic heterocycles. The van der Waals surface area contributed by atoms with E-state index in [0.29, 0.717) is 12.5 Å². The van der Waals surface area contributed by atoms with Gasteiger partial charge >= 0.3 is 5.97 Å². The summed E-state index contributed by atoms with van der Waals surface area (Å²) >= 11 is 0. The Bertz CT molecular complexity index is 277. The van der Waals surface area contributed by atoms with E-state index in [1.54, 1.807) is 6.92 Å². The molecule has 4 heteroatoms. The molecule has 1 aliphatic carbocycles. The zero-order chi connectivity index (χ0) is 10.8. The first-order valence-corrected chi connectivity index (χ1v) is 5.68. The van der Waals surface area contributed by atoms with Gasteiger partial charge in [-0.25, -0.2) is 0 Å². The number of rotatable bonds is 2. The third-order valence-electron chi connectivity index (χ3n) is 3.51. The van der Waals surface area contributed by atoms with Crippen LogP contribution in [0, 0.1) is 17.8 Å². The van der Waals surface area contributed by atoms with Crippen molar-refractivity contribution in [2.75, 3.05) is 13.2 Å². The van der Waals surface area contributed by atoms with Crippen LogP contribution in [0.2, 0.25) is 0 Å². The lowest BCUT2D eigenvalue weighted by Crippen LogP contribution is -2.49. The van der Waals surface area contributed by atoms with Gasteiger partial charge in [0, 0.05) is 6.54 Å². The van der Waals surface area contributed by atoms with E-state index >= 15 is 0 Å². The van der Waals surface area contributed by atoms with Crippen LogP contribution in [0.3, 0.4) is 0 Å². The van der Waals surface area contributed by atoms with Gasteiger partial charge in [0.05, 0.1) is 6.61 Å². The fourth-order valence-electron chi connectivity index (χ4n) is 2.81. The van der Waals surface area contributed by atoms with Crippen molar-refractivity contribution in [1.82, 2.24) is 5.32 Å². The molecular formula is C11H17NO3. The minimum atomic E-state index is -0.550. The van der Waals surface area contributed by atoms with Gasteiger partial charge < -0.3 is 10.1 Å². The molecule has 0 radical (unpaired) electrons. The topological polar surface area (TPSA) is 55.4 Å². The van der Waals surface area contributed by atoms with Gasteiger partial charge in [0.2, 0.25) is 5.91 Å². The van der Waals surface area contributed by atoms with Crippen LogP contribution in [0.15, 0.2) is 0 Å². The van der Waals surface area contributed by atoms with Crippen molar-refractivity contribution in [3.63, 3.8) is 0 Å². The summed E-state index contributed by atoms with van der Waals surface area (Å²) in [7, 11) is 0. The first kappa shape index (κ1) is 10.5. The number of carbonyl (C=O) groups is 2. The van der Waals surface area contributed by atoms with Crippen molar-refractivity contribution in [2.24, 2.45) is 17.8 Å². The molecule has 1 N–H and O–H groups in total. The van der Waals surface area contributed by atoms with Crippen LogP contribution in [0.25, 0.3) is 0 Å². The van der Waals surface area contributed by atoms with Gasteiger partial charge in [-0.1, -0.05) is 6.42 Å². The predicted molar refractivity (Wildman–Crippen MR) is 54.0 cm³/mol. The lowest BCUT2D eigenvalue weighted by Gasteiger charge is -2.31. The fraction of sp³-hybridized carbons (Fsp3) is 0.818. The van der Waals surface area contributed by atoms with Gasteiger partial charge in [0.1, 0.15) is 5.92 Å². The number of ether oxygens (including phenoxy) is 1. The van der Waals surface area contributed by atoms with Gasteiger partial charge in [-0.2, -0.15) is 0 Å². The molecule has 1 saturated heterocycles. The quantitative estimate of drug-likeness (QED) is 0.540. The highest BCUT2D eigenvalue weighted by atomic mass is 16.5. The number of fused-ring (bicyclic) bond motifs is 1. The summed E-state index contributed by atoms with van der Waals surface area (Å²) in [4.78, 5) is 23.3. The smallest absolute Gasteiger partial charge is 0.318 e. The van der Waals surface area contributed by atoms with E-state index in [9.17, 15) is 9.59 Å².